The van der Waals surface area contributed by atoms with Crippen LogP contribution in [0.4, 0.5) is 0 Å². The first-order chi connectivity index (χ1) is 7.64. The highest BCUT2D eigenvalue weighted by Crippen LogP contribution is 2.18. The number of ether oxygens (including phenoxy) is 1. The fourth-order valence-corrected chi connectivity index (χ4v) is 1.49. The first-order valence-corrected chi connectivity index (χ1v) is 6.94. The lowest BCUT2D eigenvalue weighted by Crippen LogP contribution is -2.31. The van der Waals surface area contributed by atoms with Gasteiger partial charge in [-0.3, -0.25) is 0 Å². The Morgan fingerprint density at radius 2 is 1.47 bits per heavy atom. The first kappa shape index (κ1) is 16.9. The lowest BCUT2D eigenvalue weighted by Gasteiger charge is -2.26. The average Bonchev–Trinajstić information content (AvgIpc) is 2.13. The molecule has 104 valence electrons. The molecule has 0 bridgehead atoms. The Kier molecular flexibility index (Phi) is 7.34. The standard InChI is InChI=1S/C15H33NO/c1-8-16(10-9-14(2,3)4)11-12-17-13-15(5,6)7/h8-13H2,1-7H3. The topological polar surface area (TPSA) is 12.5 Å². The molecule has 0 aromatic carbocycles. The first-order valence-electron chi connectivity index (χ1n) is 6.94. The van der Waals surface area contributed by atoms with Crippen LogP contribution in [0.15, 0.2) is 0 Å². The Labute approximate surface area is 109 Å². The molecule has 0 saturated heterocycles. The number of likely N-dealkylation sites (N-methyl/N-ethyl adjacent to an activating group) is 1. The Balaban J connectivity index is 3.69. The van der Waals surface area contributed by atoms with Gasteiger partial charge in [-0.25, -0.2) is 0 Å². The van der Waals surface area contributed by atoms with Gasteiger partial charge >= 0.3 is 0 Å². The van der Waals surface area contributed by atoms with E-state index in [0.717, 1.165) is 26.3 Å². The number of hydrogen-bond acceptors (Lipinski definition) is 2. The third-order valence-electron chi connectivity index (χ3n) is 2.71. The largest absolute Gasteiger partial charge is 0.380 e. The van der Waals surface area contributed by atoms with Crippen molar-refractivity contribution in [3.05, 3.63) is 0 Å². The van der Waals surface area contributed by atoms with E-state index in [1.807, 2.05) is 0 Å². The van der Waals surface area contributed by atoms with E-state index in [2.05, 4.69) is 53.4 Å². The van der Waals surface area contributed by atoms with Crippen LogP contribution >= 0.6 is 0 Å². The van der Waals surface area contributed by atoms with E-state index in [9.17, 15) is 0 Å². The molecule has 0 aliphatic rings. The van der Waals surface area contributed by atoms with Crippen molar-refractivity contribution in [3.8, 4) is 0 Å². The molecule has 0 fully saturated rings. The summed E-state index contributed by atoms with van der Waals surface area (Å²) in [5.74, 6) is 0. The summed E-state index contributed by atoms with van der Waals surface area (Å²) in [5.41, 5.74) is 0.710. The van der Waals surface area contributed by atoms with Crippen LogP contribution in [0.25, 0.3) is 0 Å². The van der Waals surface area contributed by atoms with Crippen LogP contribution in [0.1, 0.15) is 54.9 Å². The minimum absolute atomic E-state index is 0.280. The SMILES string of the molecule is CCN(CCOCC(C)(C)C)CCC(C)(C)C. The molecule has 0 aliphatic carbocycles. The average molecular weight is 243 g/mol. The van der Waals surface area contributed by atoms with Crippen molar-refractivity contribution in [2.45, 2.75) is 54.9 Å². The predicted molar refractivity (Wildman–Crippen MR) is 76.5 cm³/mol. The summed E-state index contributed by atoms with van der Waals surface area (Å²) in [5, 5.41) is 0. The summed E-state index contributed by atoms with van der Waals surface area (Å²) in [6.45, 7) is 20.8. The second-order valence-electron chi connectivity index (χ2n) is 7.36. The third-order valence-corrected chi connectivity index (χ3v) is 2.71. The highest BCUT2D eigenvalue weighted by atomic mass is 16.5. The van der Waals surface area contributed by atoms with Crippen LogP contribution in [0.3, 0.4) is 0 Å². The number of hydrogen-bond donors (Lipinski definition) is 0. The van der Waals surface area contributed by atoms with E-state index in [-0.39, 0.29) is 5.41 Å². The summed E-state index contributed by atoms with van der Waals surface area (Å²) >= 11 is 0. The van der Waals surface area contributed by atoms with Crippen LogP contribution < -0.4 is 0 Å². The van der Waals surface area contributed by atoms with Crippen LogP contribution in [0, 0.1) is 10.8 Å². The lowest BCUT2D eigenvalue weighted by molar-refractivity contribution is 0.0538. The van der Waals surface area contributed by atoms with Crippen LogP contribution in [-0.2, 0) is 4.74 Å². The van der Waals surface area contributed by atoms with Gasteiger partial charge in [-0.05, 0) is 30.3 Å². The summed E-state index contributed by atoms with van der Waals surface area (Å²) in [4.78, 5) is 2.48. The van der Waals surface area contributed by atoms with Crippen molar-refractivity contribution in [2.75, 3.05) is 32.8 Å². The molecule has 2 heteroatoms. The molecule has 0 atom stereocenters. The molecule has 0 aromatic heterocycles. The number of rotatable bonds is 7. The highest BCUT2D eigenvalue weighted by molar-refractivity contribution is 4.66. The Morgan fingerprint density at radius 3 is 1.88 bits per heavy atom. The molecule has 0 unspecified atom stereocenters. The zero-order chi connectivity index (χ0) is 13.5. The van der Waals surface area contributed by atoms with E-state index in [1.54, 1.807) is 0 Å². The molecular weight excluding hydrogens is 210 g/mol. The Bertz CT molecular complexity index is 188. The summed E-state index contributed by atoms with van der Waals surface area (Å²) in [6.07, 6.45) is 1.25. The molecular formula is C15H33NO. The fraction of sp³-hybridized carbons (Fsp3) is 1.00. The zero-order valence-electron chi connectivity index (χ0n) is 13.1. The number of nitrogens with zero attached hydrogens (tertiary/aromatic N) is 1. The van der Waals surface area contributed by atoms with Gasteiger partial charge in [-0.1, -0.05) is 48.5 Å². The van der Waals surface area contributed by atoms with Crippen molar-refractivity contribution in [1.29, 1.82) is 0 Å². The van der Waals surface area contributed by atoms with Gasteiger partial charge < -0.3 is 9.64 Å². The second-order valence-corrected chi connectivity index (χ2v) is 7.36. The normalized spacial score (nSPS) is 13.4. The van der Waals surface area contributed by atoms with Gasteiger partial charge in [0.05, 0.1) is 13.2 Å². The van der Waals surface area contributed by atoms with Crippen molar-refractivity contribution in [3.63, 3.8) is 0 Å². The van der Waals surface area contributed by atoms with Crippen LogP contribution in [-0.4, -0.2) is 37.7 Å². The molecule has 17 heavy (non-hydrogen) atoms. The third kappa shape index (κ3) is 12.2. The Morgan fingerprint density at radius 1 is 0.882 bits per heavy atom. The molecule has 0 spiro atoms. The maximum absolute atomic E-state index is 5.72. The van der Waals surface area contributed by atoms with E-state index in [4.69, 9.17) is 4.74 Å². The molecule has 0 aliphatic heterocycles. The van der Waals surface area contributed by atoms with Crippen molar-refractivity contribution in [2.24, 2.45) is 10.8 Å². The minimum atomic E-state index is 0.280. The fourth-order valence-electron chi connectivity index (χ4n) is 1.49. The second kappa shape index (κ2) is 7.38. The van der Waals surface area contributed by atoms with E-state index < -0.39 is 0 Å². The zero-order valence-corrected chi connectivity index (χ0v) is 13.1. The summed E-state index contributed by atoms with van der Waals surface area (Å²) < 4.78 is 5.72. The molecule has 0 N–H and O–H groups in total. The quantitative estimate of drug-likeness (QED) is 0.631. The van der Waals surface area contributed by atoms with Gasteiger partial charge in [0.1, 0.15) is 0 Å². The van der Waals surface area contributed by atoms with E-state index >= 15 is 0 Å². The Hall–Kier alpha value is -0.0800. The molecule has 0 amide bonds. The van der Waals surface area contributed by atoms with E-state index in [0.29, 0.717) is 5.41 Å². The van der Waals surface area contributed by atoms with Gasteiger partial charge in [-0.2, -0.15) is 0 Å². The van der Waals surface area contributed by atoms with Gasteiger partial charge in [0.25, 0.3) is 0 Å². The van der Waals surface area contributed by atoms with E-state index in [1.165, 1.54) is 13.0 Å². The molecule has 0 aromatic rings. The predicted octanol–water partition coefficient (Wildman–Crippen LogP) is 3.81. The maximum atomic E-state index is 5.72. The molecule has 0 heterocycles. The summed E-state index contributed by atoms with van der Waals surface area (Å²) in [6, 6.07) is 0. The molecule has 2 nitrogen and oxygen atoms in total. The smallest absolute Gasteiger partial charge is 0.0593 e. The summed E-state index contributed by atoms with van der Waals surface area (Å²) in [7, 11) is 0. The van der Waals surface area contributed by atoms with Crippen molar-refractivity contribution >= 4 is 0 Å². The van der Waals surface area contributed by atoms with Crippen LogP contribution in [0.5, 0.6) is 0 Å². The van der Waals surface area contributed by atoms with Gasteiger partial charge in [-0.15, -0.1) is 0 Å². The highest BCUT2D eigenvalue weighted by Gasteiger charge is 2.13. The molecule has 0 saturated carbocycles. The maximum Gasteiger partial charge on any atom is 0.0593 e. The lowest BCUT2D eigenvalue weighted by atomic mass is 9.92. The van der Waals surface area contributed by atoms with Gasteiger partial charge in [0.15, 0.2) is 0 Å². The van der Waals surface area contributed by atoms with Crippen molar-refractivity contribution < 1.29 is 4.74 Å². The minimum Gasteiger partial charge on any atom is -0.380 e. The van der Waals surface area contributed by atoms with Crippen molar-refractivity contribution in [1.82, 2.24) is 4.90 Å². The molecule has 0 radical (unpaired) electrons. The van der Waals surface area contributed by atoms with Gasteiger partial charge in [0, 0.05) is 6.54 Å². The monoisotopic (exact) mass is 243 g/mol. The molecule has 0 rings (SSSR count). The van der Waals surface area contributed by atoms with Crippen LogP contribution in [0.2, 0.25) is 0 Å². The van der Waals surface area contributed by atoms with Gasteiger partial charge in [0.2, 0.25) is 0 Å².